The van der Waals surface area contributed by atoms with Crippen LogP contribution in [0.1, 0.15) is 38.6 Å². The van der Waals surface area contributed by atoms with Crippen molar-refractivity contribution in [2.24, 2.45) is 12.0 Å². The maximum Gasteiger partial charge on any atom is 0.136 e. The summed E-state index contributed by atoms with van der Waals surface area (Å²) in [5, 5.41) is 2.49. The Morgan fingerprint density at radius 1 is 1.18 bits per heavy atom. The van der Waals surface area contributed by atoms with E-state index in [1.54, 1.807) is 24.2 Å². The maximum absolute atomic E-state index is 6.04. The average molecular weight is 489 g/mol. The van der Waals surface area contributed by atoms with E-state index in [0.717, 1.165) is 50.4 Å². The highest BCUT2D eigenvalue weighted by molar-refractivity contribution is 7.99. The van der Waals surface area contributed by atoms with Gasteiger partial charge in [0.1, 0.15) is 21.6 Å². The fourth-order valence-electron chi connectivity index (χ4n) is 3.25. The molecule has 0 aliphatic carbocycles. The Morgan fingerprint density at radius 2 is 1.94 bits per heavy atom. The van der Waals surface area contributed by atoms with Gasteiger partial charge in [-0.15, -0.1) is 6.58 Å². The number of halogens is 1. The normalized spacial score (nSPS) is 12.7. The Labute approximate surface area is 211 Å². The Balaban J connectivity index is 2.05. The third-order valence-electron chi connectivity index (χ3n) is 5.08. The van der Waals surface area contributed by atoms with Gasteiger partial charge in [-0.05, 0) is 62.2 Å². The molecule has 0 aliphatic heterocycles. The molecule has 0 saturated carbocycles. The Morgan fingerprint density at radius 3 is 2.59 bits per heavy atom. The highest BCUT2D eigenvalue weighted by Crippen LogP contribution is 2.37. The molecule has 0 spiro atoms. The summed E-state index contributed by atoms with van der Waals surface area (Å²) < 4.78 is 2.12. The molecule has 3 rings (SSSR count). The largest absolute Gasteiger partial charge is 0.322 e. The van der Waals surface area contributed by atoms with Crippen LogP contribution in [-0.2, 0) is 7.05 Å². The maximum atomic E-state index is 6.04. The molecule has 1 aromatic carbocycles. The van der Waals surface area contributed by atoms with Crippen molar-refractivity contribution in [2.75, 3.05) is 0 Å². The van der Waals surface area contributed by atoms with Gasteiger partial charge in [-0.3, -0.25) is 4.99 Å². The first-order valence-electron chi connectivity index (χ1n) is 11.0. The molecule has 3 aromatic rings. The lowest BCUT2D eigenvalue weighted by Gasteiger charge is -2.08. The van der Waals surface area contributed by atoms with Crippen molar-refractivity contribution in [1.82, 2.24) is 14.5 Å². The molecule has 2 heterocycles. The van der Waals surface area contributed by atoms with Gasteiger partial charge < -0.3 is 4.57 Å². The minimum Gasteiger partial charge on any atom is -0.322 e. The van der Waals surface area contributed by atoms with Crippen molar-refractivity contribution in [1.29, 1.82) is 0 Å². The van der Waals surface area contributed by atoms with Crippen molar-refractivity contribution in [2.45, 2.75) is 37.2 Å². The number of rotatable bonds is 9. The van der Waals surface area contributed by atoms with Gasteiger partial charge in [0.25, 0.3) is 0 Å². The highest BCUT2D eigenvalue weighted by Gasteiger charge is 2.19. The number of pyridine rings is 1. The standard InChI is InChI=1S/C28H29ClN4S/c1-6-8-9-10-11-20(3)27-32-26(23-14-12-22(13-15-23)21(4)30-18-7-2)28(33(27)5)34-25-17-16-24(29)19-31-25/h6-7,9-19H,1,8H2,2-5H3/b10-9-,18-7-,20-11+,30-21?. The van der Waals surface area contributed by atoms with E-state index in [-0.39, 0.29) is 0 Å². The lowest BCUT2D eigenvalue weighted by Crippen LogP contribution is -1.97. The van der Waals surface area contributed by atoms with Crippen LogP contribution in [0.15, 0.2) is 101 Å². The molecule has 2 aromatic heterocycles. The van der Waals surface area contributed by atoms with E-state index in [1.807, 2.05) is 51.3 Å². The van der Waals surface area contributed by atoms with E-state index >= 15 is 0 Å². The van der Waals surface area contributed by atoms with Crippen molar-refractivity contribution in [3.63, 3.8) is 0 Å². The van der Waals surface area contributed by atoms with Gasteiger partial charge in [-0.1, -0.05) is 66.2 Å². The first-order chi connectivity index (χ1) is 16.4. The molecule has 0 N–H and O–H groups in total. The van der Waals surface area contributed by atoms with Gasteiger partial charge in [-0.25, -0.2) is 9.97 Å². The number of nitrogens with zero attached hydrogens (tertiary/aromatic N) is 4. The second-order valence-corrected chi connectivity index (χ2v) is 9.09. The van der Waals surface area contributed by atoms with Crippen LogP contribution in [0.3, 0.4) is 0 Å². The minimum atomic E-state index is 0.617. The van der Waals surface area contributed by atoms with Crippen LogP contribution < -0.4 is 0 Å². The average Bonchev–Trinajstić information content (AvgIpc) is 3.17. The number of hydrogen-bond donors (Lipinski definition) is 0. The van der Waals surface area contributed by atoms with Crippen molar-refractivity contribution < 1.29 is 0 Å². The summed E-state index contributed by atoms with van der Waals surface area (Å²) in [6.45, 7) is 9.80. The molecule has 4 nitrogen and oxygen atoms in total. The highest BCUT2D eigenvalue weighted by atomic mass is 35.5. The third-order valence-corrected chi connectivity index (χ3v) is 6.41. The summed E-state index contributed by atoms with van der Waals surface area (Å²) in [6.07, 6.45) is 14.3. The topological polar surface area (TPSA) is 43.1 Å². The lowest BCUT2D eigenvalue weighted by molar-refractivity contribution is 0.807. The molecule has 34 heavy (non-hydrogen) atoms. The predicted molar refractivity (Wildman–Crippen MR) is 147 cm³/mol. The van der Waals surface area contributed by atoms with Crippen LogP contribution in [0.2, 0.25) is 5.02 Å². The van der Waals surface area contributed by atoms with Gasteiger partial charge in [0.2, 0.25) is 0 Å². The molecule has 6 heteroatoms. The second kappa shape index (κ2) is 12.4. The smallest absolute Gasteiger partial charge is 0.136 e. The van der Waals surface area contributed by atoms with E-state index < -0.39 is 0 Å². The zero-order valence-electron chi connectivity index (χ0n) is 20.0. The molecule has 0 bridgehead atoms. The van der Waals surface area contributed by atoms with Gasteiger partial charge >= 0.3 is 0 Å². The van der Waals surface area contributed by atoms with Crippen LogP contribution in [0.4, 0.5) is 0 Å². The zero-order valence-corrected chi connectivity index (χ0v) is 21.6. The summed E-state index contributed by atoms with van der Waals surface area (Å²) in [6, 6.07) is 12.1. The molecular formula is C28H29ClN4S. The molecule has 0 unspecified atom stereocenters. The van der Waals surface area contributed by atoms with Gasteiger partial charge in [-0.2, -0.15) is 0 Å². The summed E-state index contributed by atoms with van der Waals surface area (Å²) >= 11 is 7.61. The van der Waals surface area contributed by atoms with E-state index in [2.05, 4.69) is 64.5 Å². The molecule has 0 radical (unpaired) electrons. The summed E-state index contributed by atoms with van der Waals surface area (Å²) in [5.41, 5.74) is 5.07. The first-order valence-corrected chi connectivity index (χ1v) is 12.2. The Kier molecular flexibility index (Phi) is 9.25. The van der Waals surface area contributed by atoms with E-state index in [0.29, 0.717) is 5.02 Å². The van der Waals surface area contributed by atoms with Crippen LogP contribution in [0.5, 0.6) is 0 Å². The van der Waals surface area contributed by atoms with E-state index in [1.165, 1.54) is 0 Å². The number of benzene rings is 1. The fourth-order valence-corrected chi connectivity index (χ4v) is 4.29. The Bertz CT molecular complexity index is 1250. The van der Waals surface area contributed by atoms with Crippen LogP contribution in [0, 0.1) is 0 Å². The van der Waals surface area contributed by atoms with Gasteiger partial charge in [0.05, 0.1) is 5.02 Å². The number of hydrogen-bond acceptors (Lipinski definition) is 4. The number of allylic oxidation sites excluding steroid dienone is 6. The zero-order chi connectivity index (χ0) is 24.5. The van der Waals surface area contributed by atoms with Crippen LogP contribution in [0.25, 0.3) is 16.8 Å². The molecule has 0 fully saturated rings. The Hall–Kier alpha value is -3.15. The van der Waals surface area contributed by atoms with Crippen molar-refractivity contribution in [3.8, 4) is 11.3 Å². The number of imidazole rings is 1. The van der Waals surface area contributed by atoms with Crippen LogP contribution in [-0.4, -0.2) is 20.2 Å². The quantitative estimate of drug-likeness (QED) is 0.173. The van der Waals surface area contributed by atoms with E-state index in [9.17, 15) is 0 Å². The van der Waals surface area contributed by atoms with Gasteiger partial charge in [0, 0.05) is 30.7 Å². The molecule has 0 amide bonds. The molecular weight excluding hydrogens is 460 g/mol. The lowest BCUT2D eigenvalue weighted by atomic mass is 10.1. The van der Waals surface area contributed by atoms with Crippen molar-refractivity contribution in [3.05, 3.63) is 102 Å². The SMILES string of the molecule is C=CC/C=C\C=C(/C)c1nc(-c2ccc(C(C)=N/C=C\C)cc2)c(Sc2ccc(Cl)cn2)n1C. The summed E-state index contributed by atoms with van der Waals surface area (Å²) in [5.74, 6) is 0.907. The summed E-state index contributed by atoms with van der Waals surface area (Å²) in [7, 11) is 2.04. The molecule has 174 valence electrons. The van der Waals surface area contributed by atoms with Crippen LogP contribution >= 0.6 is 23.4 Å². The second-order valence-electron chi connectivity index (χ2n) is 7.64. The predicted octanol–water partition coefficient (Wildman–Crippen LogP) is 8.16. The van der Waals surface area contributed by atoms with E-state index in [4.69, 9.17) is 16.6 Å². The molecule has 0 aliphatic rings. The van der Waals surface area contributed by atoms with Gasteiger partial charge in [0.15, 0.2) is 0 Å². The third kappa shape index (κ3) is 6.46. The first kappa shape index (κ1) is 25.5. The number of aromatic nitrogens is 3. The minimum absolute atomic E-state index is 0.617. The van der Waals surface area contributed by atoms with Crippen molar-refractivity contribution >= 4 is 34.6 Å². The molecule has 0 atom stereocenters. The molecule has 0 saturated heterocycles. The number of aliphatic imine (C=N–C) groups is 1. The summed E-state index contributed by atoms with van der Waals surface area (Å²) in [4.78, 5) is 14.0. The monoisotopic (exact) mass is 488 g/mol. The fraction of sp³-hybridized carbons (Fsp3) is 0.179.